The van der Waals surface area contributed by atoms with Gasteiger partial charge in [0.2, 0.25) is 0 Å². The van der Waals surface area contributed by atoms with E-state index >= 15 is 0 Å². The number of nitrogens with zero attached hydrogens (tertiary/aromatic N) is 3. The van der Waals surface area contributed by atoms with Gasteiger partial charge in [-0.15, -0.1) is 0 Å². The molecule has 194 valence electrons. The molecule has 1 unspecified atom stereocenters. The van der Waals surface area contributed by atoms with E-state index < -0.39 is 5.91 Å². The zero-order valence-electron chi connectivity index (χ0n) is 21.3. The van der Waals surface area contributed by atoms with E-state index in [-0.39, 0.29) is 12.0 Å². The van der Waals surface area contributed by atoms with Crippen LogP contribution in [0.2, 0.25) is 0 Å². The van der Waals surface area contributed by atoms with Crippen molar-refractivity contribution in [1.29, 1.82) is 0 Å². The number of hydrogen-bond acceptors (Lipinski definition) is 8. The smallest absolute Gasteiger partial charge is 0.323 e. The van der Waals surface area contributed by atoms with Gasteiger partial charge in [0.25, 0.3) is 5.91 Å². The first-order valence-corrected chi connectivity index (χ1v) is 12.5. The number of hydrogen-bond donors (Lipinski definition) is 3. The van der Waals surface area contributed by atoms with Crippen molar-refractivity contribution in [3.8, 4) is 0 Å². The SMILES string of the molecule is CCOC(=O)C(C)N1CCN(c2ccc(Nc3cc(NCc4ccccc4)c(C(N)=O)cn3)cc2)CC1. The van der Waals surface area contributed by atoms with Crippen molar-refractivity contribution in [3.63, 3.8) is 0 Å². The minimum atomic E-state index is -0.532. The number of anilines is 4. The number of ether oxygens (including phenoxy) is 1. The highest BCUT2D eigenvalue weighted by molar-refractivity contribution is 5.98. The van der Waals surface area contributed by atoms with Crippen molar-refractivity contribution in [3.05, 3.63) is 78.0 Å². The average molecular weight is 503 g/mol. The summed E-state index contributed by atoms with van der Waals surface area (Å²) in [6.45, 7) is 7.97. The van der Waals surface area contributed by atoms with Crippen LogP contribution in [0.1, 0.15) is 29.8 Å². The van der Waals surface area contributed by atoms with Crippen LogP contribution in [0.15, 0.2) is 66.9 Å². The molecule has 1 atom stereocenters. The number of esters is 1. The van der Waals surface area contributed by atoms with Crippen LogP contribution in [-0.2, 0) is 16.1 Å². The Morgan fingerprint density at radius 1 is 1.05 bits per heavy atom. The number of benzene rings is 2. The van der Waals surface area contributed by atoms with Gasteiger partial charge >= 0.3 is 5.97 Å². The molecule has 1 aliphatic heterocycles. The topological polar surface area (TPSA) is 113 Å². The fourth-order valence-corrected chi connectivity index (χ4v) is 4.34. The molecule has 0 saturated carbocycles. The Kier molecular flexibility index (Phi) is 8.58. The zero-order chi connectivity index (χ0) is 26.2. The molecule has 2 heterocycles. The summed E-state index contributed by atoms with van der Waals surface area (Å²) in [5.41, 5.74) is 9.62. The van der Waals surface area contributed by atoms with E-state index in [1.807, 2.05) is 56.3 Å². The van der Waals surface area contributed by atoms with Crippen LogP contribution in [0.25, 0.3) is 0 Å². The molecule has 1 aliphatic rings. The van der Waals surface area contributed by atoms with Crippen LogP contribution in [-0.4, -0.2) is 60.6 Å². The number of nitrogens with two attached hydrogens (primary N) is 1. The van der Waals surface area contributed by atoms with Gasteiger partial charge in [-0.25, -0.2) is 4.98 Å². The second-order valence-corrected chi connectivity index (χ2v) is 8.94. The lowest BCUT2D eigenvalue weighted by atomic mass is 10.2. The predicted octanol–water partition coefficient (Wildman–Crippen LogP) is 3.61. The average Bonchev–Trinajstić information content (AvgIpc) is 2.92. The van der Waals surface area contributed by atoms with Gasteiger partial charge in [0.05, 0.1) is 17.9 Å². The van der Waals surface area contributed by atoms with E-state index in [1.54, 1.807) is 6.07 Å². The van der Waals surface area contributed by atoms with Crippen LogP contribution in [0.5, 0.6) is 0 Å². The minimum Gasteiger partial charge on any atom is -0.465 e. The summed E-state index contributed by atoms with van der Waals surface area (Å²) >= 11 is 0. The standard InChI is InChI=1S/C28H34N6O3/c1-3-37-28(36)20(2)33-13-15-34(16-14-33)23-11-9-22(10-12-23)32-26-17-25(24(19-31-26)27(29)35)30-18-21-7-5-4-6-8-21/h4-12,17,19-20H,3,13-16,18H2,1-2H3,(H2,29,35)(H2,30,31,32). The van der Waals surface area contributed by atoms with E-state index in [0.717, 1.165) is 43.1 Å². The highest BCUT2D eigenvalue weighted by atomic mass is 16.5. The Labute approximate surface area is 217 Å². The maximum atomic E-state index is 12.0. The zero-order valence-corrected chi connectivity index (χ0v) is 21.3. The van der Waals surface area contributed by atoms with E-state index in [2.05, 4.69) is 37.6 Å². The number of primary amides is 1. The van der Waals surface area contributed by atoms with E-state index in [9.17, 15) is 9.59 Å². The summed E-state index contributed by atoms with van der Waals surface area (Å²) in [4.78, 5) is 32.8. The van der Waals surface area contributed by atoms with Crippen LogP contribution in [0, 0.1) is 0 Å². The Hall–Kier alpha value is -4.11. The van der Waals surface area contributed by atoms with Crippen LogP contribution < -0.4 is 21.3 Å². The molecule has 4 rings (SSSR count). The molecule has 0 radical (unpaired) electrons. The lowest BCUT2D eigenvalue weighted by Crippen LogP contribution is -2.52. The van der Waals surface area contributed by atoms with Gasteiger partial charge in [0.1, 0.15) is 11.9 Å². The summed E-state index contributed by atoms with van der Waals surface area (Å²) in [6.07, 6.45) is 1.49. The summed E-state index contributed by atoms with van der Waals surface area (Å²) < 4.78 is 5.16. The molecule has 4 N–H and O–H groups in total. The lowest BCUT2D eigenvalue weighted by Gasteiger charge is -2.38. The maximum absolute atomic E-state index is 12.0. The first-order valence-electron chi connectivity index (χ1n) is 12.5. The highest BCUT2D eigenvalue weighted by Crippen LogP contribution is 2.25. The lowest BCUT2D eigenvalue weighted by molar-refractivity contribution is -0.149. The van der Waals surface area contributed by atoms with Crippen LogP contribution >= 0.6 is 0 Å². The van der Waals surface area contributed by atoms with Gasteiger partial charge in [-0.05, 0) is 43.7 Å². The molecule has 0 bridgehead atoms. The van der Waals surface area contributed by atoms with Crippen molar-refractivity contribution >= 4 is 34.8 Å². The largest absolute Gasteiger partial charge is 0.465 e. The molecule has 9 heteroatoms. The number of rotatable bonds is 10. The van der Waals surface area contributed by atoms with Crippen molar-refractivity contribution in [2.75, 3.05) is 48.3 Å². The number of piperazine rings is 1. The van der Waals surface area contributed by atoms with E-state index in [0.29, 0.717) is 30.2 Å². The minimum absolute atomic E-state index is 0.165. The van der Waals surface area contributed by atoms with Gasteiger partial charge < -0.3 is 26.0 Å². The van der Waals surface area contributed by atoms with Crippen LogP contribution in [0.3, 0.4) is 0 Å². The van der Waals surface area contributed by atoms with Crippen molar-refractivity contribution in [1.82, 2.24) is 9.88 Å². The summed E-state index contributed by atoms with van der Waals surface area (Å²) in [7, 11) is 0. The number of pyridine rings is 1. The van der Waals surface area contributed by atoms with Gasteiger partial charge in [0.15, 0.2) is 0 Å². The number of aromatic nitrogens is 1. The van der Waals surface area contributed by atoms with E-state index in [1.165, 1.54) is 6.20 Å². The number of carbonyl (C=O) groups is 2. The van der Waals surface area contributed by atoms with Gasteiger partial charge in [-0.3, -0.25) is 14.5 Å². The van der Waals surface area contributed by atoms with Crippen LogP contribution in [0.4, 0.5) is 22.9 Å². The van der Waals surface area contributed by atoms with Crippen molar-refractivity contribution in [2.45, 2.75) is 26.4 Å². The quantitative estimate of drug-likeness (QED) is 0.361. The summed E-state index contributed by atoms with van der Waals surface area (Å²) in [6, 6.07) is 19.6. The third kappa shape index (κ3) is 6.77. The maximum Gasteiger partial charge on any atom is 0.323 e. The normalized spacial score (nSPS) is 14.6. The predicted molar refractivity (Wildman–Crippen MR) is 146 cm³/mol. The fraction of sp³-hybridized carbons (Fsp3) is 0.321. The number of nitrogens with one attached hydrogen (secondary N) is 2. The molecule has 1 fully saturated rings. The van der Waals surface area contributed by atoms with Crippen molar-refractivity contribution in [2.24, 2.45) is 5.73 Å². The fourth-order valence-electron chi connectivity index (χ4n) is 4.34. The molecule has 2 aromatic carbocycles. The Bertz CT molecular complexity index is 1190. The monoisotopic (exact) mass is 502 g/mol. The number of amides is 1. The Morgan fingerprint density at radius 3 is 2.41 bits per heavy atom. The molecule has 1 amide bonds. The molecular weight excluding hydrogens is 468 g/mol. The second-order valence-electron chi connectivity index (χ2n) is 8.94. The van der Waals surface area contributed by atoms with Gasteiger partial charge in [-0.1, -0.05) is 30.3 Å². The molecule has 3 aromatic rings. The molecule has 37 heavy (non-hydrogen) atoms. The molecule has 9 nitrogen and oxygen atoms in total. The Balaban J connectivity index is 1.37. The second kappa shape index (κ2) is 12.2. The molecule has 0 spiro atoms. The summed E-state index contributed by atoms with van der Waals surface area (Å²) in [5.74, 6) is -0.0899. The molecule has 0 aliphatic carbocycles. The van der Waals surface area contributed by atoms with Crippen molar-refractivity contribution < 1.29 is 14.3 Å². The first-order chi connectivity index (χ1) is 17.9. The Morgan fingerprint density at radius 2 is 1.76 bits per heavy atom. The van der Waals surface area contributed by atoms with Gasteiger partial charge in [0, 0.05) is 56.4 Å². The van der Waals surface area contributed by atoms with E-state index in [4.69, 9.17) is 10.5 Å². The molecular formula is C28H34N6O3. The third-order valence-electron chi connectivity index (χ3n) is 6.49. The third-order valence-corrected chi connectivity index (χ3v) is 6.49. The molecule has 1 aromatic heterocycles. The first kappa shape index (κ1) is 26.0. The highest BCUT2D eigenvalue weighted by Gasteiger charge is 2.26. The summed E-state index contributed by atoms with van der Waals surface area (Å²) in [5, 5.41) is 6.60. The van der Waals surface area contributed by atoms with Gasteiger partial charge in [-0.2, -0.15) is 0 Å². The number of carbonyl (C=O) groups excluding carboxylic acids is 2. The molecule has 1 saturated heterocycles.